The smallest absolute Gasteiger partial charge is 0.250 e. The highest BCUT2D eigenvalue weighted by Crippen LogP contribution is 2.24. The fraction of sp³-hybridized carbons (Fsp3) is 0.615. The molecule has 3 nitrogen and oxygen atoms in total. The minimum Gasteiger partial charge on any atom is -0.314 e. The lowest BCUT2D eigenvalue weighted by Crippen LogP contribution is -2.43. The molecule has 1 fully saturated rings. The van der Waals surface area contributed by atoms with Crippen molar-refractivity contribution < 1.29 is 0 Å². The third-order valence-electron chi connectivity index (χ3n) is 3.49. The van der Waals surface area contributed by atoms with Crippen molar-refractivity contribution in [3.05, 3.63) is 34.7 Å². The lowest BCUT2D eigenvalue weighted by atomic mass is 9.91. The maximum absolute atomic E-state index is 11.6. The number of halogens is 1. The van der Waals surface area contributed by atoms with Gasteiger partial charge in [0.2, 0.25) is 0 Å². The lowest BCUT2D eigenvalue weighted by Gasteiger charge is -2.37. The normalized spacial score (nSPS) is 16.1. The maximum Gasteiger partial charge on any atom is 0.250 e. The molecule has 0 aromatic carbocycles. The van der Waals surface area contributed by atoms with Gasteiger partial charge in [-0.15, -0.1) is 11.6 Å². The van der Waals surface area contributed by atoms with Crippen LogP contribution in [0, 0.1) is 0 Å². The molecule has 0 aliphatic heterocycles. The zero-order chi connectivity index (χ0) is 12.1. The molecule has 2 rings (SSSR count). The van der Waals surface area contributed by atoms with Crippen molar-refractivity contribution in [3.8, 4) is 0 Å². The Morgan fingerprint density at radius 3 is 2.76 bits per heavy atom. The Kier molecular flexibility index (Phi) is 4.63. The van der Waals surface area contributed by atoms with Crippen LogP contribution >= 0.6 is 11.6 Å². The van der Waals surface area contributed by atoms with Crippen LogP contribution in [0.15, 0.2) is 29.2 Å². The molecular formula is C13H19ClN2O. The summed E-state index contributed by atoms with van der Waals surface area (Å²) in [5.41, 5.74) is 0.0759. The average molecular weight is 255 g/mol. The van der Waals surface area contributed by atoms with E-state index in [0.29, 0.717) is 11.9 Å². The molecule has 1 saturated carbocycles. The van der Waals surface area contributed by atoms with Crippen LogP contribution in [0.5, 0.6) is 0 Å². The van der Waals surface area contributed by atoms with Crippen molar-refractivity contribution >= 4 is 11.6 Å². The molecule has 0 spiro atoms. The second kappa shape index (κ2) is 6.22. The van der Waals surface area contributed by atoms with Gasteiger partial charge < -0.3 is 4.57 Å². The van der Waals surface area contributed by atoms with Gasteiger partial charge >= 0.3 is 0 Å². The van der Waals surface area contributed by atoms with Crippen LogP contribution in [-0.4, -0.2) is 34.5 Å². The first-order valence-electron chi connectivity index (χ1n) is 6.27. The summed E-state index contributed by atoms with van der Waals surface area (Å²) in [6, 6.07) is 5.97. The van der Waals surface area contributed by atoms with Gasteiger partial charge in [0.1, 0.15) is 0 Å². The van der Waals surface area contributed by atoms with E-state index in [0.717, 1.165) is 19.6 Å². The Hall–Kier alpha value is -0.800. The molecule has 1 aromatic rings. The first-order chi connectivity index (χ1) is 8.31. The molecule has 0 unspecified atom stereocenters. The molecule has 17 heavy (non-hydrogen) atoms. The van der Waals surface area contributed by atoms with Gasteiger partial charge in [-0.1, -0.05) is 12.5 Å². The Morgan fingerprint density at radius 2 is 2.18 bits per heavy atom. The van der Waals surface area contributed by atoms with Gasteiger partial charge in [0.05, 0.1) is 0 Å². The minimum absolute atomic E-state index is 0.0759. The van der Waals surface area contributed by atoms with E-state index in [9.17, 15) is 4.79 Å². The van der Waals surface area contributed by atoms with Crippen molar-refractivity contribution in [3.63, 3.8) is 0 Å². The second-order valence-electron chi connectivity index (χ2n) is 4.54. The highest BCUT2D eigenvalue weighted by atomic mass is 35.5. The zero-order valence-electron chi connectivity index (χ0n) is 10.0. The predicted molar refractivity (Wildman–Crippen MR) is 70.6 cm³/mol. The van der Waals surface area contributed by atoms with E-state index in [4.69, 9.17) is 11.6 Å². The van der Waals surface area contributed by atoms with Gasteiger partial charge in [-0.2, -0.15) is 0 Å². The SMILES string of the molecule is O=c1ccccn1CCN(CCCl)C1CCC1. The molecule has 0 atom stereocenters. The van der Waals surface area contributed by atoms with E-state index in [-0.39, 0.29) is 5.56 Å². The van der Waals surface area contributed by atoms with E-state index in [2.05, 4.69) is 4.90 Å². The van der Waals surface area contributed by atoms with Gasteiger partial charge in [0, 0.05) is 43.8 Å². The first-order valence-corrected chi connectivity index (χ1v) is 6.80. The molecule has 0 amide bonds. The first kappa shape index (κ1) is 12.7. The van der Waals surface area contributed by atoms with Crippen LogP contribution in [0.1, 0.15) is 19.3 Å². The van der Waals surface area contributed by atoms with E-state index < -0.39 is 0 Å². The third-order valence-corrected chi connectivity index (χ3v) is 3.66. The maximum atomic E-state index is 11.6. The Bertz CT molecular complexity index is 400. The molecule has 1 aliphatic rings. The summed E-state index contributed by atoms with van der Waals surface area (Å²) in [6.07, 6.45) is 5.73. The fourth-order valence-electron chi connectivity index (χ4n) is 2.22. The lowest BCUT2D eigenvalue weighted by molar-refractivity contribution is 0.130. The molecule has 1 aliphatic carbocycles. The number of alkyl halides is 1. The van der Waals surface area contributed by atoms with E-state index in [1.807, 2.05) is 12.3 Å². The van der Waals surface area contributed by atoms with E-state index >= 15 is 0 Å². The molecule has 1 aromatic heterocycles. The largest absolute Gasteiger partial charge is 0.314 e. The number of pyridine rings is 1. The van der Waals surface area contributed by atoms with Crippen LogP contribution < -0.4 is 5.56 Å². The van der Waals surface area contributed by atoms with Crippen LogP contribution in [0.4, 0.5) is 0 Å². The Morgan fingerprint density at radius 1 is 1.35 bits per heavy atom. The van der Waals surface area contributed by atoms with Crippen molar-refractivity contribution in [2.24, 2.45) is 0 Å². The summed E-state index contributed by atoms with van der Waals surface area (Å²) in [5, 5.41) is 0. The summed E-state index contributed by atoms with van der Waals surface area (Å²) in [7, 11) is 0. The molecule has 94 valence electrons. The quantitative estimate of drug-likeness (QED) is 0.725. The van der Waals surface area contributed by atoms with E-state index in [1.165, 1.54) is 19.3 Å². The minimum atomic E-state index is 0.0759. The number of hydrogen-bond acceptors (Lipinski definition) is 2. The highest BCUT2D eigenvalue weighted by Gasteiger charge is 2.23. The van der Waals surface area contributed by atoms with Crippen LogP contribution in [0.3, 0.4) is 0 Å². The molecule has 0 saturated heterocycles. The van der Waals surface area contributed by atoms with Gasteiger partial charge in [-0.3, -0.25) is 9.69 Å². The molecule has 1 heterocycles. The summed E-state index contributed by atoms with van der Waals surface area (Å²) >= 11 is 5.82. The standard InChI is InChI=1S/C13H19ClN2O/c14-7-9-15(12-4-3-5-12)10-11-16-8-2-1-6-13(16)17/h1-2,6,8,12H,3-5,7,9-11H2. The highest BCUT2D eigenvalue weighted by molar-refractivity contribution is 6.18. The fourth-order valence-corrected chi connectivity index (χ4v) is 2.44. The molecule has 0 N–H and O–H groups in total. The molecule has 4 heteroatoms. The number of rotatable bonds is 6. The monoisotopic (exact) mass is 254 g/mol. The predicted octanol–water partition coefficient (Wildman–Crippen LogP) is 1.94. The van der Waals surface area contributed by atoms with Crippen molar-refractivity contribution in [1.29, 1.82) is 0 Å². The Labute approximate surface area is 107 Å². The zero-order valence-corrected chi connectivity index (χ0v) is 10.8. The Balaban J connectivity index is 1.90. The van der Waals surface area contributed by atoms with Crippen molar-refractivity contribution in [1.82, 2.24) is 9.47 Å². The van der Waals surface area contributed by atoms with Crippen molar-refractivity contribution in [2.45, 2.75) is 31.8 Å². The summed E-state index contributed by atoms with van der Waals surface area (Å²) in [5.74, 6) is 0.667. The summed E-state index contributed by atoms with van der Waals surface area (Å²) in [4.78, 5) is 14.0. The van der Waals surface area contributed by atoms with Crippen LogP contribution in [0.25, 0.3) is 0 Å². The van der Waals surface area contributed by atoms with Crippen LogP contribution in [-0.2, 0) is 6.54 Å². The van der Waals surface area contributed by atoms with Gasteiger partial charge in [-0.05, 0) is 18.9 Å². The summed E-state index contributed by atoms with van der Waals surface area (Å²) < 4.78 is 1.76. The van der Waals surface area contributed by atoms with Gasteiger partial charge in [0.15, 0.2) is 0 Å². The summed E-state index contributed by atoms with van der Waals surface area (Å²) in [6.45, 7) is 2.60. The topological polar surface area (TPSA) is 25.2 Å². The molecule has 0 bridgehead atoms. The number of aromatic nitrogens is 1. The molecule has 0 radical (unpaired) electrons. The second-order valence-corrected chi connectivity index (χ2v) is 4.92. The number of nitrogens with zero attached hydrogens (tertiary/aromatic N) is 2. The third kappa shape index (κ3) is 3.33. The van der Waals surface area contributed by atoms with Gasteiger partial charge in [-0.25, -0.2) is 0 Å². The van der Waals surface area contributed by atoms with Crippen LogP contribution in [0.2, 0.25) is 0 Å². The number of hydrogen-bond donors (Lipinski definition) is 0. The molecular weight excluding hydrogens is 236 g/mol. The van der Waals surface area contributed by atoms with Gasteiger partial charge in [0.25, 0.3) is 5.56 Å². The van der Waals surface area contributed by atoms with E-state index in [1.54, 1.807) is 16.7 Å². The van der Waals surface area contributed by atoms with Crippen molar-refractivity contribution in [2.75, 3.05) is 19.0 Å². The average Bonchev–Trinajstić information content (AvgIpc) is 2.25.